The minimum absolute atomic E-state index is 0.0363. The van der Waals surface area contributed by atoms with Crippen LogP contribution >= 0.6 is 0 Å². The molecular weight excluding hydrogens is 226 g/mol. The molecule has 0 radical (unpaired) electrons. The standard InChI is InChI=1S/C13H16F2O2/c1-3-17-12(16)13(14,15)9-10(2)11-7-5-4-6-8-11/h4-8,12,16H,2-3,9H2,1H3/t12-/m0/s1. The summed E-state index contributed by atoms with van der Waals surface area (Å²) in [6.45, 7) is 5.19. The maximum Gasteiger partial charge on any atom is 0.301 e. The molecule has 0 aromatic heterocycles. The summed E-state index contributed by atoms with van der Waals surface area (Å²) in [6, 6.07) is 8.69. The second kappa shape index (κ2) is 5.89. The molecule has 2 nitrogen and oxygen atoms in total. The van der Waals surface area contributed by atoms with Gasteiger partial charge in [-0.1, -0.05) is 36.9 Å². The summed E-state index contributed by atoms with van der Waals surface area (Å²) < 4.78 is 31.5. The van der Waals surface area contributed by atoms with Crippen LogP contribution in [0, 0.1) is 0 Å². The molecule has 0 unspecified atom stereocenters. The minimum Gasteiger partial charge on any atom is -0.363 e. The maximum atomic E-state index is 13.5. The van der Waals surface area contributed by atoms with Gasteiger partial charge in [0, 0.05) is 13.0 Å². The highest BCUT2D eigenvalue weighted by molar-refractivity contribution is 5.63. The Hall–Kier alpha value is -1.26. The summed E-state index contributed by atoms with van der Waals surface area (Å²) >= 11 is 0. The zero-order chi connectivity index (χ0) is 12.9. The molecule has 1 atom stereocenters. The first-order chi connectivity index (χ1) is 7.97. The van der Waals surface area contributed by atoms with Gasteiger partial charge in [-0.25, -0.2) is 8.78 Å². The summed E-state index contributed by atoms with van der Waals surface area (Å²) in [6.07, 6.45) is -2.72. The molecule has 0 amide bonds. The summed E-state index contributed by atoms with van der Waals surface area (Å²) in [4.78, 5) is 0. The van der Waals surface area contributed by atoms with Crippen LogP contribution in [-0.2, 0) is 4.74 Å². The van der Waals surface area contributed by atoms with Crippen LogP contribution in [0.5, 0.6) is 0 Å². The van der Waals surface area contributed by atoms with E-state index in [0.717, 1.165) is 0 Å². The summed E-state index contributed by atoms with van der Waals surface area (Å²) in [5, 5.41) is 9.16. The highest BCUT2D eigenvalue weighted by Gasteiger charge is 2.39. The normalized spacial score (nSPS) is 13.4. The van der Waals surface area contributed by atoms with Gasteiger partial charge in [-0.2, -0.15) is 0 Å². The van der Waals surface area contributed by atoms with Crippen molar-refractivity contribution < 1.29 is 18.6 Å². The first-order valence-electron chi connectivity index (χ1n) is 5.38. The van der Waals surface area contributed by atoms with E-state index < -0.39 is 18.6 Å². The molecule has 0 saturated carbocycles. The summed E-state index contributed by atoms with van der Waals surface area (Å²) in [5.41, 5.74) is 0.908. The number of ether oxygens (including phenoxy) is 1. The Morgan fingerprint density at radius 3 is 2.53 bits per heavy atom. The lowest BCUT2D eigenvalue weighted by Gasteiger charge is -2.23. The van der Waals surface area contributed by atoms with E-state index >= 15 is 0 Å². The van der Waals surface area contributed by atoms with Crippen molar-refractivity contribution >= 4 is 5.57 Å². The van der Waals surface area contributed by atoms with Crippen LogP contribution in [0.4, 0.5) is 8.78 Å². The molecule has 4 heteroatoms. The van der Waals surface area contributed by atoms with Gasteiger partial charge in [0.25, 0.3) is 0 Å². The summed E-state index contributed by atoms with van der Waals surface area (Å²) in [5.74, 6) is -3.33. The Morgan fingerprint density at radius 1 is 1.41 bits per heavy atom. The van der Waals surface area contributed by atoms with Crippen molar-refractivity contribution in [3.8, 4) is 0 Å². The van der Waals surface area contributed by atoms with Crippen molar-refractivity contribution in [1.29, 1.82) is 0 Å². The molecule has 0 fully saturated rings. The average Bonchev–Trinajstić information content (AvgIpc) is 2.30. The van der Waals surface area contributed by atoms with E-state index in [0.29, 0.717) is 5.56 Å². The Labute approximate surface area is 99.5 Å². The third kappa shape index (κ3) is 3.91. The van der Waals surface area contributed by atoms with Gasteiger partial charge in [-0.05, 0) is 18.1 Å². The first-order valence-corrected chi connectivity index (χ1v) is 5.38. The number of benzene rings is 1. The molecule has 1 rings (SSSR count). The van der Waals surface area contributed by atoms with Crippen LogP contribution in [0.25, 0.3) is 5.57 Å². The minimum atomic E-state index is -3.33. The van der Waals surface area contributed by atoms with Gasteiger partial charge in [-0.15, -0.1) is 0 Å². The highest BCUT2D eigenvalue weighted by Crippen LogP contribution is 2.31. The number of rotatable bonds is 6. The van der Waals surface area contributed by atoms with Crippen LogP contribution in [0.1, 0.15) is 18.9 Å². The molecule has 0 aliphatic heterocycles. The summed E-state index contributed by atoms with van der Waals surface area (Å²) in [7, 11) is 0. The van der Waals surface area contributed by atoms with Crippen molar-refractivity contribution in [2.24, 2.45) is 0 Å². The average molecular weight is 242 g/mol. The second-order valence-corrected chi connectivity index (χ2v) is 3.72. The molecule has 1 N–H and O–H groups in total. The lowest BCUT2D eigenvalue weighted by molar-refractivity contribution is -0.229. The number of halogens is 2. The monoisotopic (exact) mass is 242 g/mol. The second-order valence-electron chi connectivity index (χ2n) is 3.72. The fraction of sp³-hybridized carbons (Fsp3) is 0.385. The topological polar surface area (TPSA) is 29.5 Å². The zero-order valence-electron chi connectivity index (χ0n) is 9.70. The Balaban J connectivity index is 2.68. The molecule has 17 heavy (non-hydrogen) atoms. The number of aliphatic hydroxyl groups is 1. The van der Waals surface area contributed by atoms with Gasteiger partial charge < -0.3 is 9.84 Å². The molecule has 0 saturated heterocycles. The molecular formula is C13H16F2O2. The van der Waals surface area contributed by atoms with Crippen LogP contribution in [0.3, 0.4) is 0 Å². The van der Waals surface area contributed by atoms with E-state index in [9.17, 15) is 8.78 Å². The van der Waals surface area contributed by atoms with Crippen molar-refractivity contribution in [2.75, 3.05) is 6.61 Å². The Kier molecular flexibility index (Phi) is 4.78. The van der Waals surface area contributed by atoms with Gasteiger partial charge >= 0.3 is 5.92 Å². The van der Waals surface area contributed by atoms with Crippen LogP contribution < -0.4 is 0 Å². The molecule has 0 heterocycles. The Bertz CT molecular complexity index is 363. The van der Waals surface area contributed by atoms with Gasteiger partial charge in [0.15, 0.2) is 0 Å². The molecule has 0 aliphatic carbocycles. The van der Waals surface area contributed by atoms with Crippen molar-refractivity contribution in [2.45, 2.75) is 25.6 Å². The largest absolute Gasteiger partial charge is 0.363 e. The smallest absolute Gasteiger partial charge is 0.301 e. The van der Waals surface area contributed by atoms with Crippen molar-refractivity contribution in [3.05, 3.63) is 42.5 Å². The Morgan fingerprint density at radius 2 is 2.00 bits per heavy atom. The van der Waals surface area contributed by atoms with Crippen molar-refractivity contribution in [3.63, 3.8) is 0 Å². The molecule has 0 bridgehead atoms. The van der Waals surface area contributed by atoms with Gasteiger partial charge in [0.2, 0.25) is 6.29 Å². The van der Waals surface area contributed by atoms with Gasteiger partial charge in [0.05, 0.1) is 0 Å². The van der Waals surface area contributed by atoms with Gasteiger partial charge in [0.1, 0.15) is 0 Å². The lowest BCUT2D eigenvalue weighted by Crippen LogP contribution is -2.35. The predicted octanol–water partition coefficient (Wildman–Crippen LogP) is 3.08. The van der Waals surface area contributed by atoms with E-state index in [2.05, 4.69) is 11.3 Å². The predicted molar refractivity (Wildman–Crippen MR) is 62.7 cm³/mol. The van der Waals surface area contributed by atoms with Crippen molar-refractivity contribution in [1.82, 2.24) is 0 Å². The van der Waals surface area contributed by atoms with E-state index in [-0.39, 0.29) is 12.2 Å². The number of alkyl halides is 2. The van der Waals surface area contributed by atoms with E-state index in [4.69, 9.17) is 5.11 Å². The maximum absolute atomic E-state index is 13.5. The molecule has 1 aromatic carbocycles. The van der Waals surface area contributed by atoms with E-state index in [1.54, 1.807) is 37.3 Å². The molecule has 94 valence electrons. The fourth-order valence-electron chi connectivity index (χ4n) is 1.43. The number of allylic oxidation sites excluding steroid dienone is 1. The molecule has 0 aliphatic rings. The zero-order valence-corrected chi connectivity index (χ0v) is 9.70. The third-order valence-corrected chi connectivity index (χ3v) is 2.32. The fourth-order valence-corrected chi connectivity index (χ4v) is 1.43. The highest BCUT2D eigenvalue weighted by atomic mass is 19.3. The van der Waals surface area contributed by atoms with E-state index in [1.807, 2.05) is 0 Å². The van der Waals surface area contributed by atoms with Crippen LogP contribution in [0.15, 0.2) is 36.9 Å². The number of hydrogen-bond donors (Lipinski definition) is 1. The third-order valence-electron chi connectivity index (χ3n) is 2.32. The first kappa shape index (κ1) is 13.8. The van der Waals surface area contributed by atoms with Crippen LogP contribution in [-0.4, -0.2) is 23.9 Å². The SMILES string of the molecule is C=C(CC(F)(F)[C@@H](O)OCC)c1ccccc1. The number of aliphatic hydroxyl groups excluding tert-OH is 1. The van der Waals surface area contributed by atoms with Gasteiger partial charge in [-0.3, -0.25) is 0 Å². The lowest BCUT2D eigenvalue weighted by atomic mass is 10.0. The molecule has 0 spiro atoms. The van der Waals surface area contributed by atoms with E-state index in [1.165, 1.54) is 0 Å². The number of hydrogen-bond acceptors (Lipinski definition) is 2. The van der Waals surface area contributed by atoms with Crippen LogP contribution in [0.2, 0.25) is 0 Å². The molecule has 1 aromatic rings. The quantitative estimate of drug-likeness (QED) is 0.777.